The lowest BCUT2D eigenvalue weighted by Crippen LogP contribution is -2.22. The monoisotopic (exact) mass is 252 g/mol. The van der Waals surface area contributed by atoms with Crippen LogP contribution in [-0.4, -0.2) is 12.8 Å². The third-order valence-corrected chi connectivity index (χ3v) is 2.71. The van der Waals surface area contributed by atoms with Gasteiger partial charge in [-0.3, -0.25) is 0 Å². The van der Waals surface area contributed by atoms with E-state index in [1.54, 1.807) is 5.48 Å². The van der Waals surface area contributed by atoms with Gasteiger partial charge in [0.1, 0.15) is 12.4 Å². The van der Waals surface area contributed by atoms with Crippen molar-refractivity contribution in [2.24, 2.45) is 5.41 Å². The Morgan fingerprint density at radius 3 is 2.44 bits per heavy atom. The molecule has 0 saturated carbocycles. The predicted molar refractivity (Wildman–Crippen MR) is 69.5 cm³/mol. The summed E-state index contributed by atoms with van der Waals surface area (Å²) >= 11 is 0. The number of nitrogens with one attached hydrogen (secondary N) is 1. The lowest BCUT2D eigenvalue weighted by atomic mass is 9.92. The standard InChI is InChI=1S/C13H18NO4/c1-4-13(2,3)9-17-12(15)18-11-7-5-10(14-16)6-8-11/h5-8,14H,4,9H2,1-3H3/q-1. The summed E-state index contributed by atoms with van der Waals surface area (Å²) in [6.45, 7) is 6.36. The number of carbonyl (C=O) groups is 1. The van der Waals surface area contributed by atoms with Crippen LogP contribution in [0.4, 0.5) is 10.5 Å². The first-order valence-electron chi connectivity index (χ1n) is 5.79. The Morgan fingerprint density at radius 1 is 1.33 bits per heavy atom. The molecule has 0 heterocycles. The van der Waals surface area contributed by atoms with Gasteiger partial charge in [-0.05, 0) is 36.1 Å². The molecule has 100 valence electrons. The van der Waals surface area contributed by atoms with E-state index in [0.29, 0.717) is 18.0 Å². The largest absolute Gasteiger partial charge is 0.761 e. The molecule has 1 N–H and O–H groups in total. The van der Waals surface area contributed by atoms with Gasteiger partial charge < -0.3 is 20.2 Å². The van der Waals surface area contributed by atoms with E-state index < -0.39 is 6.16 Å². The van der Waals surface area contributed by atoms with Crippen molar-refractivity contribution >= 4 is 11.8 Å². The van der Waals surface area contributed by atoms with Crippen molar-refractivity contribution in [2.45, 2.75) is 27.2 Å². The van der Waals surface area contributed by atoms with Gasteiger partial charge in [0.2, 0.25) is 0 Å². The number of carbonyl (C=O) groups excluding carboxylic acids is 1. The molecule has 18 heavy (non-hydrogen) atoms. The molecule has 1 rings (SSSR count). The molecule has 0 fully saturated rings. The quantitative estimate of drug-likeness (QED) is 0.493. The molecule has 0 aliphatic carbocycles. The van der Waals surface area contributed by atoms with Gasteiger partial charge in [-0.1, -0.05) is 20.8 Å². The van der Waals surface area contributed by atoms with Gasteiger partial charge in [-0.2, -0.15) is 0 Å². The van der Waals surface area contributed by atoms with E-state index in [2.05, 4.69) is 0 Å². The second-order valence-corrected chi connectivity index (χ2v) is 4.78. The Bertz CT molecular complexity index is 386. The molecule has 0 radical (unpaired) electrons. The van der Waals surface area contributed by atoms with E-state index in [9.17, 15) is 10.0 Å². The van der Waals surface area contributed by atoms with Crippen LogP contribution >= 0.6 is 0 Å². The van der Waals surface area contributed by atoms with Gasteiger partial charge >= 0.3 is 6.16 Å². The molecule has 0 bridgehead atoms. The maximum absolute atomic E-state index is 11.4. The summed E-state index contributed by atoms with van der Waals surface area (Å²) in [4.78, 5) is 11.4. The molecule has 0 aromatic heterocycles. The number of ether oxygens (including phenoxy) is 2. The molecule has 1 aromatic rings. The van der Waals surface area contributed by atoms with E-state index in [1.807, 2.05) is 20.8 Å². The molecule has 0 unspecified atom stereocenters. The highest BCUT2D eigenvalue weighted by molar-refractivity contribution is 5.64. The fraction of sp³-hybridized carbons (Fsp3) is 0.462. The highest BCUT2D eigenvalue weighted by Crippen LogP contribution is 2.20. The highest BCUT2D eigenvalue weighted by Gasteiger charge is 2.18. The van der Waals surface area contributed by atoms with E-state index in [1.165, 1.54) is 24.3 Å². The Kier molecular flexibility index (Phi) is 4.97. The molecule has 5 heteroatoms. The Balaban J connectivity index is 2.44. The molecule has 0 amide bonds. The van der Waals surface area contributed by atoms with Crippen LogP contribution in [0.2, 0.25) is 0 Å². The lowest BCUT2D eigenvalue weighted by molar-refractivity contribution is 0.0619. The van der Waals surface area contributed by atoms with Crippen molar-refractivity contribution < 1.29 is 14.3 Å². The van der Waals surface area contributed by atoms with Crippen LogP contribution < -0.4 is 10.2 Å². The topological polar surface area (TPSA) is 70.6 Å². The van der Waals surface area contributed by atoms with Crippen molar-refractivity contribution in [1.82, 2.24) is 0 Å². The predicted octanol–water partition coefficient (Wildman–Crippen LogP) is 3.55. The summed E-state index contributed by atoms with van der Waals surface area (Å²) in [5.41, 5.74) is 2.08. The normalized spacial score (nSPS) is 10.9. The fourth-order valence-electron chi connectivity index (χ4n) is 1.07. The van der Waals surface area contributed by atoms with Gasteiger partial charge in [0.25, 0.3) is 0 Å². The Hall–Kier alpha value is -1.75. The summed E-state index contributed by atoms with van der Waals surface area (Å²) in [5.74, 6) is 0.341. The maximum Gasteiger partial charge on any atom is 0.513 e. The summed E-state index contributed by atoms with van der Waals surface area (Å²) in [5, 5.41) is 10.3. The minimum Gasteiger partial charge on any atom is -0.761 e. The van der Waals surface area contributed by atoms with Crippen LogP contribution in [0.25, 0.3) is 0 Å². The Labute approximate surface area is 107 Å². The fourth-order valence-corrected chi connectivity index (χ4v) is 1.07. The molecular formula is C13H18NO4-. The zero-order valence-corrected chi connectivity index (χ0v) is 10.9. The minimum atomic E-state index is -0.737. The van der Waals surface area contributed by atoms with Crippen LogP contribution in [0.1, 0.15) is 27.2 Å². The van der Waals surface area contributed by atoms with E-state index >= 15 is 0 Å². The van der Waals surface area contributed by atoms with Crippen LogP contribution in [-0.2, 0) is 4.74 Å². The first-order chi connectivity index (χ1) is 8.46. The molecule has 0 aliphatic rings. The van der Waals surface area contributed by atoms with Gasteiger partial charge in [0.15, 0.2) is 0 Å². The molecule has 1 aromatic carbocycles. The van der Waals surface area contributed by atoms with Crippen molar-refractivity contribution in [3.8, 4) is 5.75 Å². The van der Waals surface area contributed by atoms with Crippen molar-refractivity contribution in [2.75, 3.05) is 12.1 Å². The average Bonchev–Trinajstić information content (AvgIpc) is 2.37. The first kappa shape index (κ1) is 14.3. The third kappa shape index (κ3) is 4.63. The molecular weight excluding hydrogens is 234 g/mol. The van der Waals surface area contributed by atoms with Gasteiger partial charge in [-0.15, -0.1) is 0 Å². The van der Waals surface area contributed by atoms with Crippen molar-refractivity contribution in [1.29, 1.82) is 0 Å². The van der Waals surface area contributed by atoms with Crippen LogP contribution in [0.15, 0.2) is 24.3 Å². The molecule has 0 atom stereocenters. The summed E-state index contributed by atoms with van der Waals surface area (Å²) in [7, 11) is 0. The number of anilines is 1. The van der Waals surface area contributed by atoms with E-state index in [4.69, 9.17) is 9.47 Å². The zero-order chi connectivity index (χ0) is 13.6. The smallest absolute Gasteiger partial charge is 0.513 e. The molecule has 0 spiro atoms. The van der Waals surface area contributed by atoms with Crippen molar-refractivity contribution in [3.63, 3.8) is 0 Å². The second kappa shape index (κ2) is 6.26. The third-order valence-electron chi connectivity index (χ3n) is 2.71. The number of hydrogen-bond acceptors (Lipinski definition) is 5. The molecule has 5 nitrogen and oxygen atoms in total. The number of hydrogen-bond donors (Lipinski definition) is 1. The maximum atomic E-state index is 11.4. The molecule has 0 aliphatic heterocycles. The summed E-state index contributed by atoms with van der Waals surface area (Å²) in [6.07, 6.45) is 0.170. The zero-order valence-electron chi connectivity index (χ0n) is 10.9. The lowest BCUT2D eigenvalue weighted by Gasteiger charge is -2.21. The van der Waals surface area contributed by atoms with Gasteiger partial charge in [0.05, 0.1) is 0 Å². The first-order valence-corrected chi connectivity index (χ1v) is 5.79. The minimum absolute atomic E-state index is 0.0602. The van der Waals surface area contributed by atoms with Gasteiger partial charge in [0, 0.05) is 5.69 Å². The van der Waals surface area contributed by atoms with E-state index in [0.717, 1.165) is 6.42 Å². The van der Waals surface area contributed by atoms with Crippen LogP contribution in [0, 0.1) is 10.6 Å². The van der Waals surface area contributed by atoms with Crippen LogP contribution in [0.5, 0.6) is 5.75 Å². The van der Waals surface area contributed by atoms with E-state index in [-0.39, 0.29) is 5.41 Å². The molecule has 0 saturated heterocycles. The Morgan fingerprint density at radius 2 is 1.94 bits per heavy atom. The summed E-state index contributed by atoms with van der Waals surface area (Å²) in [6, 6.07) is 6.08. The second-order valence-electron chi connectivity index (χ2n) is 4.78. The highest BCUT2D eigenvalue weighted by atomic mass is 16.7. The van der Waals surface area contributed by atoms with Crippen LogP contribution in [0.3, 0.4) is 0 Å². The number of rotatable bonds is 5. The van der Waals surface area contributed by atoms with Crippen molar-refractivity contribution in [3.05, 3.63) is 29.5 Å². The summed E-state index contributed by atoms with van der Waals surface area (Å²) < 4.78 is 9.98. The average molecular weight is 252 g/mol. The van der Waals surface area contributed by atoms with Gasteiger partial charge in [-0.25, -0.2) is 4.79 Å². The number of benzene rings is 1. The SMILES string of the molecule is CCC(C)(C)COC(=O)Oc1ccc(N[O-])cc1.